The molecule has 1 aromatic rings. The van der Waals surface area contributed by atoms with Crippen LogP contribution in [0.1, 0.15) is 5.69 Å². The second-order valence-corrected chi connectivity index (χ2v) is 2.08. The van der Waals surface area contributed by atoms with E-state index in [9.17, 15) is 9.18 Å². The van der Waals surface area contributed by atoms with Crippen LogP contribution in [0.25, 0.3) is 0 Å². The van der Waals surface area contributed by atoms with E-state index in [2.05, 4.69) is 15.3 Å². The second kappa shape index (κ2) is 3.66. The summed E-state index contributed by atoms with van der Waals surface area (Å²) in [5, 5.41) is 0. The van der Waals surface area contributed by atoms with E-state index in [-0.39, 0.29) is 12.2 Å². The van der Waals surface area contributed by atoms with Crippen LogP contribution in [0.5, 0.6) is 0 Å². The monoisotopic (exact) mass is 170 g/mol. The topological polar surface area (TPSA) is 51.2 Å². The molecule has 5 heteroatoms. The van der Waals surface area contributed by atoms with Crippen molar-refractivity contribution in [2.24, 2.45) is 0 Å². The van der Waals surface area contributed by atoms with Gasteiger partial charge in [0.1, 0.15) is 5.82 Å². The quantitative estimate of drug-likeness (QED) is 0.543. The summed E-state index contributed by atoms with van der Waals surface area (Å²) in [7, 11) is 0. The lowest BCUT2D eigenvalue weighted by Crippen LogP contribution is -2.02. The molecule has 0 unspecified atom stereocenters. The number of rotatable bonds is 3. The van der Waals surface area contributed by atoms with Gasteiger partial charge in [-0.05, 0) is 19.1 Å². The Morgan fingerprint density at radius 1 is 1.67 bits per heavy atom. The summed E-state index contributed by atoms with van der Waals surface area (Å²) >= 11 is 0. The van der Waals surface area contributed by atoms with E-state index in [1.807, 2.05) is 0 Å². The normalized spacial score (nSPS) is 9.17. The fraction of sp³-hybridized carbons (Fsp3) is 0.143. The Kier molecular flexibility index (Phi) is 2.57. The van der Waals surface area contributed by atoms with Gasteiger partial charge in [0.15, 0.2) is 5.82 Å². The number of aromatic nitrogens is 1. The third-order valence-corrected chi connectivity index (χ3v) is 1.23. The van der Waals surface area contributed by atoms with Crippen molar-refractivity contribution < 1.29 is 14.0 Å². The zero-order chi connectivity index (χ0) is 8.97. The average molecular weight is 170 g/mol. The minimum Gasteiger partial charge on any atom is -0.345 e. The lowest BCUT2D eigenvalue weighted by atomic mass is 10.3. The molecule has 12 heavy (non-hydrogen) atoms. The highest BCUT2D eigenvalue weighted by Gasteiger charge is 1.99. The van der Waals surface area contributed by atoms with Crippen molar-refractivity contribution in [2.75, 3.05) is 5.48 Å². The van der Waals surface area contributed by atoms with Gasteiger partial charge in [-0.15, -0.1) is 0 Å². The maximum absolute atomic E-state index is 12.6. The fourth-order valence-electron chi connectivity index (χ4n) is 0.685. The van der Waals surface area contributed by atoms with Crippen molar-refractivity contribution in [2.45, 2.75) is 6.92 Å². The van der Waals surface area contributed by atoms with Gasteiger partial charge in [-0.2, -0.15) is 0 Å². The SMILES string of the molecule is Cc1nc(NOC=O)ccc1F. The molecule has 1 rings (SSSR count). The molecule has 0 aliphatic rings. The number of nitrogens with zero attached hydrogens (tertiary/aromatic N) is 1. The molecular weight excluding hydrogens is 163 g/mol. The Bertz CT molecular complexity index is 291. The third kappa shape index (κ3) is 1.91. The molecule has 0 aliphatic carbocycles. The summed E-state index contributed by atoms with van der Waals surface area (Å²) in [5.41, 5.74) is 2.46. The molecular formula is C7H7FN2O2. The van der Waals surface area contributed by atoms with Gasteiger partial charge in [-0.1, -0.05) is 0 Å². The molecule has 0 aliphatic heterocycles. The molecule has 0 bridgehead atoms. The first-order chi connectivity index (χ1) is 5.74. The van der Waals surface area contributed by atoms with Crippen molar-refractivity contribution in [3.05, 3.63) is 23.6 Å². The molecule has 0 saturated heterocycles. The van der Waals surface area contributed by atoms with Crippen LogP contribution in [0.2, 0.25) is 0 Å². The number of carbonyl (C=O) groups is 1. The van der Waals surface area contributed by atoms with Gasteiger partial charge in [0.2, 0.25) is 0 Å². The minimum atomic E-state index is -0.397. The van der Waals surface area contributed by atoms with Crippen LogP contribution >= 0.6 is 0 Å². The van der Waals surface area contributed by atoms with E-state index in [0.29, 0.717) is 5.82 Å². The Hall–Kier alpha value is -1.65. The number of hydrogen-bond acceptors (Lipinski definition) is 4. The molecule has 4 nitrogen and oxygen atoms in total. The van der Waals surface area contributed by atoms with Crippen LogP contribution in [0.3, 0.4) is 0 Å². The van der Waals surface area contributed by atoms with E-state index in [4.69, 9.17) is 0 Å². The van der Waals surface area contributed by atoms with Crippen LogP contribution in [0, 0.1) is 12.7 Å². The van der Waals surface area contributed by atoms with Crippen LogP contribution in [0.4, 0.5) is 10.2 Å². The van der Waals surface area contributed by atoms with Gasteiger partial charge in [0, 0.05) is 0 Å². The molecule has 0 saturated carbocycles. The average Bonchev–Trinajstić information content (AvgIpc) is 2.07. The van der Waals surface area contributed by atoms with Crippen LogP contribution in [0.15, 0.2) is 12.1 Å². The van der Waals surface area contributed by atoms with Gasteiger partial charge in [0.25, 0.3) is 0 Å². The zero-order valence-corrected chi connectivity index (χ0v) is 6.37. The van der Waals surface area contributed by atoms with Gasteiger partial charge in [0.05, 0.1) is 5.69 Å². The number of nitrogens with one attached hydrogen (secondary N) is 1. The summed E-state index contributed by atoms with van der Waals surface area (Å²) in [4.78, 5) is 17.7. The Morgan fingerprint density at radius 2 is 2.42 bits per heavy atom. The number of aryl methyl sites for hydroxylation is 1. The number of hydrogen-bond donors (Lipinski definition) is 1. The van der Waals surface area contributed by atoms with Gasteiger partial charge < -0.3 is 4.84 Å². The van der Waals surface area contributed by atoms with E-state index in [0.717, 1.165) is 0 Å². The summed E-state index contributed by atoms with van der Waals surface area (Å²) in [6.07, 6.45) is 0. The first-order valence-corrected chi connectivity index (χ1v) is 3.22. The molecule has 64 valence electrons. The first-order valence-electron chi connectivity index (χ1n) is 3.22. The molecule has 1 heterocycles. The highest BCUT2D eigenvalue weighted by Crippen LogP contribution is 2.07. The molecule has 0 fully saturated rings. The minimum absolute atomic E-state index is 0.223. The molecule has 0 spiro atoms. The predicted molar refractivity (Wildman–Crippen MR) is 39.7 cm³/mol. The predicted octanol–water partition coefficient (Wildman–Crippen LogP) is 1.03. The van der Waals surface area contributed by atoms with Crippen molar-refractivity contribution >= 4 is 12.3 Å². The summed E-state index contributed by atoms with van der Waals surface area (Å²) in [6.45, 7) is 1.74. The fourth-order valence-corrected chi connectivity index (χ4v) is 0.685. The molecule has 1 aromatic heterocycles. The number of halogens is 1. The first kappa shape index (κ1) is 8.45. The van der Waals surface area contributed by atoms with E-state index in [1.54, 1.807) is 0 Å². The molecule has 0 aromatic carbocycles. The number of pyridine rings is 1. The maximum Gasteiger partial charge on any atom is 0.320 e. The van der Waals surface area contributed by atoms with Crippen LogP contribution in [-0.4, -0.2) is 11.5 Å². The van der Waals surface area contributed by atoms with Crippen molar-refractivity contribution in [1.29, 1.82) is 0 Å². The molecule has 0 radical (unpaired) electrons. The van der Waals surface area contributed by atoms with Crippen LogP contribution < -0.4 is 5.48 Å². The lowest BCUT2D eigenvalue weighted by Gasteiger charge is -2.02. The van der Waals surface area contributed by atoms with Crippen molar-refractivity contribution in [1.82, 2.24) is 4.98 Å². The Morgan fingerprint density at radius 3 is 3.00 bits per heavy atom. The third-order valence-electron chi connectivity index (χ3n) is 1.23. The Balaban J connectivity index is 2.75. The highest BCUT2D eigenvalue weighted by atomic mass is 19.1. The van der Waals surface area contributed by atoms with E-state index >= 15 is 0 Å². The number of carbonyl (C=O) groups excluding carboxylic acids is 1. The standard InChI is InChI=1S/C7H7FN2O2/c1-5-6(8)2-3-7(9-5)10-12-4-11/h2-4H,1H3,(H,9,10). The summed E-state index contributed by atoms with van der Waals surface area (Å²) in [5.74, 6) is -0.104. The van der Waals surface area contributed by atoms with E-state index in [1.165, 1.54) is 19.1 Å². The number of anilines is 1. The van der Waals surface area contributed by atoms with Crippen molar-refractivity contribution in [3.63, 3.8) is 0 Å². The highest BCUT2D eigenvalue weighted by molar-refractivity contribution is 5.42. The largest absolute Gasteiger partial charge is 0.345 e. The molecule has 0 amide bonds. The summed E-state index contributed by atoms with van der Waals surface area (Å²) < 4.78 is 12.6. The van der Waals surface area contributed by atoms with E-state index < -0.39 is 5.82 Å². The second-order valence-electron chi connectivity index (χ2n) is 2.08. The smallest absolute Gasteiger partial charge is 0.320 e. The van der Waals surface area contributed by atoms with Gasteiger partial charge in [-0.3, -0.25) is 4.79 Å². The van der Waals surface area contributed by atoms with Crippen molar-refractivity contribution in [3.8, 4) is 0 Å². The van der Waals surface area contributed by atoms with Gasteiger partial charge >= 0.3 is 6.47 Å². The lowest BCUT2D eigenvalue weighted by molar-refractivity contribution is -0.126. The zero-order valence-electron chi connectivity index (χ0n) is 6.37. The Labute approximate surface area is 68.3 Å². The van der Waals surface area contributed by atoms with Crippen LogP contribution in [-0.2, 0) is 9.63 Å². The van der Waals surface area contributed by atoms with Gasteiger partial charge in [-0.25, -0.2) is 14.9 Å². The maximum atomic E-state index is 12.6. The summed E-state index contributed by atoms with van der Waals surface area (Å²) in [6, 6.07) is 2.60. The molecule has 0 atom stereocenters. The molecule has 1 N–H and O–H groups in total.